The summed E-state index contributed by atoms with van der Waals surface area (Å²) in [6.07, 6.45) is 0.468. The maximum atomic E-state index is 11.9. The number of carboxylic acid groups (broad SMARTS) is 1. The van der Waals surface area contributed by atoms with Crippen molar-refractivity contribution in [2.45, 2.75) is 24.9 Å². The Bertz CT molecular complexity index is 1050. The number of aromatic nitrogens is 1. The zero-order valence-corrected chi connectivity index (χ0v) is 16.4. The summed E-state index contributed by atoms with van der Waals surface area (Å²) >= 11 is 0. The molecule has 0 saturated carbocycles. The summed E-state index contributed by atoms with van der Waals surface area (Å²) in [5, 5.41) is 14.3. The largest absolute Gasteiger partial charge is 0.480 e. The molecule has 3 heterocycles. The first kappa shape index (κ1) is 18.2. The van der Waals surface area contributed by atoms with Crippen molar-refractivity contribution in [2.75, 3.05) is 31.2 Å². The Morgan fingerprint density at radius 1 is 1.14 bits per heavy atom. The number of rotatable bonds is 3. The minimum atomic E-state index is -0.822. The van der Waals surface area contributed by atoms with Crippen LogP contribution in [-0.2, 0) is 21.5 Å². The fourth-order valence-corrected chi connectivity index (χ4v) is 4.72. The van der Waals surface area contributed by atoms with Gasteiger partial charge >= 0.3 is 5.97 Å². The molecule has 150 valence electrons. The molecule has 0 radical (unpaired) electrons. The molecule has 0 amide bonds. The van der Waals surface area contributed by atoms with Crippen LogP contribution in [0.3, 0.4) is 0 Å². The van der Waals surface area contributed by atoms with Gasteiger partial charge in [-0.1, -0.05) is 30.3 Å². The third kappa shape index (κ3) is 2.99. The number of fused-ring (bicyclic) bond motifs is 3. The van der Waals surface area contributed by atoms with Crippen molar-refractivity contribution in [3.8, 4) is 0 Å². The lowest BCUT2D eigenvalue weighted by Gasteiger charge is -2.39. The topological polar surface area (TPSA) is 77.6 Å². The average Bonchev–Trinajstić information content (AvgIpc) is 3.14. The molecule has 0 aliphatic carbocycles. The number of benzene rings is 2. The Morgan fingerprint density at radius 3 is 2.59 bits per heavy atom. The van der Waals surface area contributed by atoms with E-state index >= 15 is 0 Å². The number of morpholine rings is 1. The number of H-pyrrole nitrogens is 1. The van der Waals surface area contributed by atoms with Gasteiger partial charge in [-0.05, 0) is 36.2 Å². The number of carboxylic acids is 1. The third-order valence-corrected chi connectivity index (χ3v) is 6.30. The van der Waals surface area contributed by atoms with E-state index in [1.165, 1.54) is 5.69 Å². The van der Waals surface area contributed by atoms with Crippen LogP contribution in [-0.4, -0.2) is 48.4 Å². The van der Waals surface area contributed by atoms with Crippen molar-refractivity contribution >= 4 is 22.6 Å². The summed E-state index contributed by atoms with van der Waals surface area (Å²) < 4.78 is 5.45. The van der Waals surface area contributed by atoms with E-state index in [-0.39, 0.29) is 0 Å². The van der Waals surface area contributed by atoms with Gasteiger partial charge in [-0.15, -0.1) is 0 Å². The number of para-hydroxylation sites is 1. The van der Waals surface area contributed by atoms with Crippen LogP contribution >= 0.6 is 0 Å². The van der Waals surface area contributed by atoms with E-state index in [1.807, 2.05) is 18.2 Å². The Hall–Kier alpha value is -2.83. The molecule has 2 atom stereocenters. The summed E-state index contributed by atoms with van der Waals surface area (Å²) in [5.74, 6) is -0.822. The molecule has 0 bridgehead atoms. The fraction of sp³-hybridized carbons (Fsp3) is 0.348. The van der Waals surface area contributed by atoms with Crippen molar-refractivity contribution in [3.63, 3.8) is 0 Å². The molecule has 3 aromatic rings. The molecule has 29 heavy (non-hydrogen) atoms. The first-order chi connectivity index (χ1) is 14.1. The SMILES string of the molecule is CC1(c2ccc(N3CCOCC3)cc2)N[C@@H](C(=O)O)Cc2c1[nH]c1ccccc21. The van der Waals surface area contributed by atoms with Crippen LogP contribution in [0.4, 0.5) is 5.69 Å². The number of aliphatic carboxylic acids is 1. The standard InChI is InChI=1S/C23H25N3O3/c1-23(15-6-8-16(9-7-15)26-10-12-29-13-11-26)21-18(14-20(25-23)22(27)28)17-4-2-3-5-19(17)24-21/h2-9,20,24-25H,10-14H2,1H3,(H,27,28)/t20-,23?/m1/s1. The molecule has 3 N–H and O–H groups in total. The first-order valence-corrected chi connectivity index (χ1v) is 10.1. The number of ether oxygens (including phenoxy) is 1. The van der Waals surface area contributed by atoms with E-state index in [4.69, 9.17) is 4.74 Å². The third-order valence-electron chi connectivity index (χ3n) is 6.30. The maximum Gasteiger partial charge on any atom is 0.321 e. The molecule has 0 spiro atoms. The number of anilines is 1. The molecule has 1 aromatic heterocycles. The lowest BCUT2D eigenvalue weighted by atomic mass is 9.80. The van der Waals surface area contributed by atoms with Crippen LogP contribution in [0.2, 0.25) is 0 Å². The van der Waals surface area contributed by atoms with Gasteiger partial charge in [-0.3, -0.25) is 10.1 Å². The lowest BCUT2D eigenvalue weighted by molar-refractivity contribution is -0.140. The van der Waals surface area contributed by atoms with Gasteiger partial charge in [0, 0.05) is 41.8 Å². The fourth-order valence-electron chi connectivity index (χ4n) is 4.72. The van der Waals surface area contributed by atoms with Gasteiger partial charge in [0.15, 0.2) is 0 Å². The van der Waals surface area contributed by atoms with Crippen molar-refractivity contribution in [2.24, 2.45) is 0 Å². The number of nitrogens with zero attached hydrogens (tertiary/aromatic N) is 1. The van der Waals surface area contributed by atoms with Gasteiger partial charge in [0.05, 0.1) is 18.8 Å². The van der Waals surface area contributed by atoms with E-state index in [9.17, 15) is 9.90 Å². The Kier molecular flexibility index (Phi) is 4.33. The van der Waals surface area contributed by atoms with E-state index < -0.39 is 17.6 Å². The van der Waals surface area contributed by atoms with Crippen molar-refractivity contribution in [1.29, 1.82) is 0 Å². The molecular weight excluding hydrogens is 366 g/mol. The van der Waals surface area contributed by atoms with Crippen LogP contribution in [0.5, 0.6) is 0 Å². The van der Waals surface area contributed by atoms with Crippen LogP contribution in [0.25, 0.3) is 10.9 Å². The number of nitrogens with one attached hydrogen (secondary N) is 2. The van der Waals surface area contributed by atoms with Crippen LogP contribution in [0.1, 0.15) is 23.7 Å². The quantitative estimate of drug-likeness (QED) is 0.640. The molecule has 1 saturated heterocycles. The number of hydrogen-bond acceptors (Lipinski definition) is 4. The maximum absolute atomic E-state index is 11.9. The molecule has 1 fully saturated rings. The zero-order chi connectivity index (χ0) is 20.0. The van der Waals surface area contributed by atoms with Crippen LogP contribution in [0.15, 0.2) is 48.5 Å². The molecular formula is C23H25N3O3. The average molecular weight is 391 g/mol. The van der Waals surface area contributed by atoms with Gasteiger partial charge in [-0.25, -0.2) is 0 Å². The second-order valence-corrected chi connectivity index (χ2v) is 8.03. The highest BCUT2D eigenvalue weighted by Gasteiger charge is 2.42. The second kappa shape index (κ2) is 6.90. The molecule has 2 aliphatic heterocycles. The lowest BCUT2D eigenvalue weighted by Crippen LogP contribution is -2.54. The summed E-state index contributed by atoms with van der Waals surface area (Å²) in [5.41, 5.74) is 4.79. The van der Waals surface area contributed by atoms with Crippen molar-refractivity contribution in [3.05, 3.63) is 65.4 Å². The van der Waals surface area contributed by atoms with Crippen LogP contribution in [0, 0.1) is 0 Å². The predicted octanol–water partition coefficient (Wildman–Crippen LogP) is 2.87. The smallest absolute Gasteiger partial charge is 0.321 e. The summed E-state index contributed by atoms with van der Waals surface area (Å²) in [6, 6.07) is 16.0. The summed E-state index contributed by atoms with van der Waals surface area (Å²) in [6.45, 7) is 5.35. The summed E-state index contributed by atoms with van der Waals surface area (Å²) in [4.78, 5) is 17.8. The normalized spacial score (nSPS) is 24.4. The summed E-state index contributed by atoms with van der Waals surface area (Å²) in [7, 11) is 0. The van der Waals surface area contributed by atoms with Gasteiger partial charge < -0.3 is 19.7 Å². The van der Waals surface area contributed by atoms with Gasteiger partial charge in [0.2, 0.25) is 0 Å². The molecule has 6 nitrogen and oxygen atoms in total. The second-order valence-electron chi connectivity index (χ2n) is 8.03. The van der Waals surface area contributed by atoms with Crippen LogP contribution < -0.4 is 10.2 Å². The molecule has 6 heteroatoms. The number of aromatic amines is 1. The minimum absolute atomic E-state index is 0.468. The predicted molar refractivity (Wildman–Crippen MR) is 112 cm³/mol. The molecule has 1 unspecified atom stereocenters. The van der Waals surface area contributed by atoms with Gasteiger partial charge in [0.1, 0.15) is 6.04 Å². The van der Waals surface area contributed by atoms with E-state index in [2.05, 4.69) is 52.5 Å². The monoisotopic (exact) mass is 391 g/mol. The Balaban J connectivity index is 1.58. The van der Waals surface area contributed by atoms with Crippen molar-refractivity contribution in [1.82, 2.24) is 10.3 Å². The number of hydrogen-bond donors (Lipinski definition) is 3. The highest BCUT2D eigenvalue weighted by atomic mass is 16.5. The van der Waals surface area contributed by atoms with Gasteiger partial charge in [0.25, 0.3) is 0 Å². The molecule has 2 aromatic carbocycles. The van der Waals surface area contributed by atoms with E-state index in [0.29, 0.717) is 6.42 Å². The Morgan fingerprint density at radius 2 is 1.86 bits per heavy atom. The minimum Gasteiger partial charge on any atom is -0.480 e. The van der Waals surface area contributed by atoms with Gasteiger partial charge in [-0.2, -0.15) is 0 Å². The highest BCUT2D eigenvalue weighted by Crippen LogP contribution is 2.39. The zero-order valence-electron chi connectivity index (χ0n) is 16.4. The van der Waals surface area contributed by atoms with Crippen molar-refractivity contribution < 1.29 is 14.6 Å². The Labute approximate surface area is 169 Å². The first-order valence-electron chi connectivity index (χ1n) is 10.1. The highest BCUT2D eigenvalue weighted by molar-refractivity contribution is 5.87. The number of carbonyl (C=O) groups is 1. The van der Waals surface area contributed by atoms with E-state index in [0.717, 1.165) is 54.0 Å². The molecule has 5 rings (SSSR count). The van der Waals surface area contributed by atoms with E-state index in [1.54, 1.807) is 0 Å². The molecule has 2 aliphatic rings.